The number of hydrogen-bond donors (Lipinski definition) is 0. The predicted molar refractivity (Wildman–Crippen MR) is 85.6 cm³/mol. The third kappa shape index (κ3) is 9.45. The van der Waals surface area contributed by atoms with Crippen LogP contribution in [0.4, 0.5) is 0 Å². The van der Waals surface area contributed by atoms with Gasteiger partial charge < -0.3 is 9.47 Å². The zero-order valence-corrected chi connectivity index (χ0v) is 14.0. The van der Waals surface area contributed by atoms with Crippen LogP contribution in [-0.2, 0) is 30.5 Å². The minimum Gasteiger partial charge on any atom is -0.461 e. The summed E-state index contributed by atoms with van der Waals surface area (Å²) in [6.45, 7) is 5.52. The fourth-order valence-corrected chi connectivity index (χ4v) is 1.81. The Hall–Kier alpha value is -2.17. The second-order valence-corrected chi connectivity index (χ2v) is 6.27. The van der Waals surface area contributed by atoms with Gasteiger partial charge in [-0.05, 0) is 26.3 Å². The maximum Gasteiger partial charge on any atom is 0.306 e. The van der Waals surface area contributed by atoms with Crippen LogP contribution >= 0.6 is 0 Å². The van der Waals surface area contributed by atoms with Gasteiger partial charge in [0, 0.05) is 12.8 Å². The molecule has 0 radical (unpaired) electrons. The van der Waals surface area contributed by atoms with Crippen LogP contribution in [0.1, 0.15) is 52.0 Å². The van der Waals surface area contributed by atoms with Crippen molar-refractivity contribution < 1.29 is 23.9 Å². The van der Waals surface area contributed by atoms with Gasteiger partial charge in [-0.1, -0.05) is 30.3 Å². The molecule has 0 bridgehead atoms. The molecule has 1 rings (SSSR count). The summed E-state index contributed by atoms with van der Waals surface area (Å²) in [5, 5.41) is 0. The molecule has 0 atom stereocenters. The molecule has 0 aliphatic carbocycles. The summed E-state index contributed by atoms with van der Waals surface area (Å²) in [5.41, 5.74) is 0.346. The van der Waals surface area contributed by atoms with Crippen LogP contribution in [0.15, 0.2) is 30.3 Å². The van der Waals surface area contributed by atoms with Gasteiger partial charge in [-0.3, -0.25) is 14.4 Å². The number of esters is 2. The first-order chi connectivity index (χ1) is 10.8. The van der Waals surface area contributed by atoms with Crippen molar-refractivity contribution in [3.8, 4) is 0 Å². The van der Waals surface area contributed by atoms with Gasteiger partial charge in [0.15, 0.2) is 0 Å². The predicted octanol–water partition coefficient (Wildman–Crippen LogP) is 3.20. The zero-order chi connectivity index (χ0) is 17.3. The molecular weight excluding hydrogens is 296 g/mol. The Balaban J connectivity index is 2.17. The maximum absolute atomic E-state index is 11.7. The summed E-state index contributed by atoms with van der Waals surface area (Å²) in [7, 11) is 0. The Kier molecular flexibility index (Phi) is 7.45. The molecule has 0 saturated heterocycles. The summed E-state index contributed by atoms with van der Waals surface area (Å²) in [5.74, 6) is -0.968. The van der Waals surface area contributed by atoms with Crippen molar-refractivity contribution in [1.82, 2.24) is 0 Å². The molecule has 5 heteroatoms. The van der Waals surface area contributed by atoms with Crippen LogP contribution in [0, 0.1) is 0 Å². The van der Waals surface area contributed by atoms with Crippen LogP contribution in [0.5, 0.6) is 0 Å². The largest absolute Gasteiger partial charge is 0.461 e. The van der Waals surface area contributed by atoms with Crippen LogP contribution in [-0.4, -0.2) is 23.3 Å². The highest BCUT2D eigenvalue weighted by Crippen LogP contribution is 2.10. The van der Waals surface area contributed by atoms with E-state index in [9.17, 15) is 14.4 Å². The highest BCUT2D eigenvalue weighted by atomic mass is 16.6. The highest BCUT2D eigenvalue weighted by Gasteiger charge is 2.17. The minimum absolute atomic E-state index is 0.0278. The normalized spacial score (nSPS) is 10.9. The van der Waals surface area contributed by atoms with E-state index in [0.717, 1.165) is 5.56 Å². The van der Waals surface area contributed by atoms with E-state index in [4.69, 9.17) is 9.47 Å². The van der Waals surface area contributed by atoms with Gasteiger partial charge in [0.25, 0.3) is 0 Å². The SMILES string of the molecule is CC(C)(C)OC(=O)CCC(=O)CCC(=O)OCc1ccccc1. The standard InChI is InChI=1S/C18H24O5/c1-18(2,3)23-17(21)12-10-15(19)9-11-16(20)22-13-14-7-5-4-6-8-14/h4-8H,9-13H2,1-3H3. The quantitative estimate of drug-likeness (QED) is 0.688. The summed E-state index contributed by atoms with van der Waals surface area (Å²) < 4.78 is 10.2. The van der Waals surface area contributed by atoms with Gasteiger partial charge in [-0.15, -0.1) is 0 Å². The molecule has 0 aliphatic heterocycles. The summed E-state index contributed by atoms with van der Waals surface area (Å²) in [4.78, 5) is 34.8. The summed E-state index contributed by atoms with van der Waals surface area (Å²) >= 11 is 0. The van der Waals surface area contributed by atoms with Gasteiger partial charge in [0.1, 0.15) is 18.0 Å². The molecule has 5 nitrogen and oxygen atoms in total. The number of rotatable bonds is 8. The first-order valence-electron chi connectivity index (χ1n) is 7.69. The maximum atomic E-state index is 11.7. The van der Waals surface area contributed by atoms with Crippen molar-refractivity contribution in [2.75, 3.05) is 0 Å². The molecule has 0 heterocycles. The summed E-state index contributed by atoms with van der Waals surface area (Å²) in [6, 6.07) is 9.33. The van der Waals surface area contributed by atoms with Crippen LogP contribution < -0.4 is 0 Å². The number of ether oxygens (including phenoxy) is 2. The van der Waals surface area contributed by atoms with Gasteiger partial charge in [0.2, 0.25) is 0 Å². The Bertz CT molecular complexity index is 528. The van der Waals surface area contributed by atoms with Gasteiger partial charge in [-0.2, -0.15) is 0 Å². The average Bonchev–Trinajstić information content (AvgIpc) is 2.48. The molecule has 0 fully saturated rings. The molecule has 0 saturated carbocycles. The van der Waals surface area contributed by atoms with Crippen molar-refractivity contribution in [2.24, 2.45) is 0 Å². The van der Waals surface area contributed by atoms with E-state index in [0.29, 0.717) is 0 Å². The fourth-order valence-electron chi connectivity index (χ4n) is 1.81. The number of Topliss-reactive ketones (excluding diaryl/α,β-unsaturated/α-hetero) is 1. The Morgan fingerprint density at radius 3 is 2.00 bits per heavy atom. The molecule has 0 aromatic heterocycles. The highest BCUT2D eigenvalue weighted by molar-refractivity contribution is 5.85. The molecule has 0 aliphatic rings. The molecule has 0 spiro atoms. The van der Waals surface area contributed by atoms with Crippen molar-refractivity contribution in [3.05, 3.63) is 35.9 Å². The minimum atomic E-state index is -0.554. The van der Waals surface area contributed by atoms with E-state index in [1.54, 1.807) is 20.8 Å². The molecule has 126 valence electrons. The van der Waals surface area contributed by atoms with E-state index < -0.39 is 17.5 Å². The second kappa shape index (κ2) is 9.08. The van der Waals surface area contributed by atoms with Crippen LogP contribution in [0.3, 0.4) is 0 Å². The lowest BCUT2D eigenvalue weighted by Crippen LogP contribution is -2.24. The lowest BCUT2D eigenvalue weighted by Gasteiger charge is -2.19. The molecule has 0 amide bonds. The number of ketones is 1. The lowest BCUT2D eigenvalue weighted by atomic mass is 10.1. The van der Waals surface area contributed by atoms with Crippen LogP contribution in [0.25, 0.3) is 0 Å². The first-order valence-corrected chi connectivity index (χ1v) is 7.69. The van der Waals surface area contributed by atoms with Crippen LogP contribution in [0.2, 0.25) is 0 Å². The van der Waals surface area contributed by atoms with Gasteiger partial charge in [-0.25, -0.2) is 0 Å². The second-order valence-electron chi connectivity index (χ2n) is 6.27. The van der Waals surface area contributed by atoms with Crippen molar-refractivity contribution in [1.29, 1.82) is 0 Å². The number of benzene rings is 1. The molecular formula is C18H24O5. The first kappa shape index (κ1) is 18.9. The molecule has 1 aromatic rings. The fraction of sp³-hybridized carbons (Fsp3) is 0.500. The van der Waals surface area contributed by atoms with E-state index in [-0.39, 0.29) is 38.1 Å². The number of hydrogen-bond acceptors (Lipinski definition) is 5. The van der Waals surface area contributed by atoms with E-state index in [1.807, 2.05) is 30.3 Å². The lowest BCUT2D eigenvalue weighted by molar-refractivity contribution is -0.155. The van der Waals surface area contributed by atoms with Gasteiger partial charge >= 0.3 is 11.9 Å². The van der Waals surface area contributed by atoms with E-state index in [2.05, 4.69) is 0 Å². The third-order valence-electron chi connectivity index (χ3n) is 2.88. The molecule has 1 aromatic carbocycles. The van der Waals surface area contributed by atoms with Crippen molar-refractivity contribution >= 4 is 17.7 Å². The number of carbonyl (C=O) groups is 3. The van der Waals surface area contributed by atoms with Crippen molar-refractivity contribution in [3.63, 3.8) is 0 Å². The molecule has 0 unspecified atom stereocenters. The Morgan fingerprint density at radius 2 is 1.43 bits per heavy atom. The van der Waals surface area contributed by atoms with E-state index in [1.165, 1.54) is 0 Å². The summed E-state index contributed by atoms with van der Waals surface area (Å²) in [6.07, 6.45) is 0.229. The monoisotopic (exact) mass is 320 g/mol. The Labute approximate surface area is 137 Å². The topological polar surface area (TPSA) is 69.7 Å². The van der Waals surface area contributed by atoms with E-state index >= 15 is 0 Å². The third-order valence-corrected chi connectivity index (χ3v) is 2.88. The van der Waals surface area contributed by atoms with Gasteiger partial charge in [0.05, 0.1) is 12.8 Å². The smallest absolute Gasteiger partial charge is 0.306 e. The Morgan fingerprint density at radius 1 is 0.870 bits per heavy atom. The zero-order valence-electron chi connectivity index (χ0n) is 14.0. The van der Waals surface area contributed by atoms with Crippen molar-refractivity contribution in [2.45, 2.75) is 58.7 Å². The molecule has 0 N–H and O–H groups in total. The molecule has 23 heavy (non-hydrogen) atoms. The average molecular weight is 320 g/mol. The number of carbonyl (C=O) groups excluding carboxylic acids is 3.